The van der Waals surface area contributed by atoms with E-state index in [1.807, 2.05) is 30.8 Å². The van der Waals surface area contributed by atoms with Crippen LogP contribution in [0.1, 0.15) is 31.7 Å². The van der Waals surface area contributed by atoms with Gasteiger partial charge in [0.2, 0.25) is 0 Å². The number of thioether (sulfide) groups is 1. The molecule has 1 saturated heterocycles. The molecule has 0 saturated carbocycles. The number of ether oxygens (including phenoxy) is 1. The van der Waals surface area contributed by atoms with Gasteiger partial charge in [0.1, 0.15) is 0 Å². The van der Waals surface area contributed by atoms with Crippen LogP contribution in [0.25, 0.3) is 0 Å². The number of phenolic OH excluding ortho intramolecular Hbond substituents is 1. The van der Waals surface area contributed by atoms with Gasteiger partial charge in [-0.25, -0.2) is 0 Å². The van der Waals surface area contributed by atoms with E-state index < -0.39 is 0 Å². The molecule has 1 aromatic carbocycles. The Balaban J connectivity index is 2.19. The molecule has 2 rings (SSSR count). The predicted octanol–water partition coefficient (Wildman–Crippen LogP) is 2.90. The molecule has 1 atom stereocenters. The van der Waals surface area contributed by atoms with E-state index in [0.29, 0.717) is 12.4 Å². The van der Waals surface area contributed by atoms with Gasteiger partial charge in [-0.1, -0.05) is 6.07 Å². The van der Waals surface area contributed by atoms with Crippen LogP contribution in [0.4, 0.5) is 0 Å². The molecule has 0 aliphatic carbocycles. The highest BCUT2D eigenvalue weighted by Crippen LogP contribution is 2.39. The highest BCUT2D eigenvalue weighted by Gasteiger charge is 2.31. The van der Waals surface area contributed by atoms with Crippen molar-refractivity contribution in [2.75, 3.05) is 12.4 Å². The van der Waals surface area contributed by atoms with E-state index in [9.17, 15) is 5.11 Å². The van der Waals surface area contributed by atoms with Crippen LogP contribution in [0, 0.1) is 0 Å². The van der Waals surface area contributed by atoms with Crippen molar-refractivity contribution in [1.82, 2.24) is 5.32 Å². The Hall–Kier alpha value is -0.870. The summed E-state index contributed by atoms with van der Waals surface area (Å²) in [4.78, 5) is 0. The van der Waals surface area contributed by atoms with Gasteiger partial charge in [0, 0.05) is 11.3 Å². The van der Waals surface area contributed by atoms with E-state index in [1.54, 1.807) is 6.07 Å². The molecule has 17 heavy (non-hydrogen) atoms. The maximum Gasteiger partial charge on any atom is 0.161 e. The molecule has 1 aromatic rings. The monoisotopic (exact) mass is 253 g/mol. The lowest BCUT2D eigenvalue weighted by Crippen LogP contribution is -2.35. The third-order valence-electron chi connectivity index (χ3n) is 2.72. The Morgan fingerprint density at radius 2 is 2.29 bits per heavy atom. The van der Waals surface area contributed by atoms with Crippen LogP contribution < -0.4 is 10.1 Å². The Labute approximate surface area is 107 Å². The summed E-state index contributed by atoms with van der Waals surface area (Å²) in [6.45, 7) is 6.87. The van der Waals surface area contributed by atoms with E-state index >= 15 is 0 Å². The minimum Gasteiger partial charge on any atom is -0.504 e. The number of hydrogen-bond donors (Lipinski definition) is 2. The second kappa shape index (κ2) is 4.78. The molecule has 0 spiro atoms. The first kappa shape index (κ1) is 12.6. The summed E-state index contributed by atoms with van der Waals surface area (Å²) in [5.41, 5.74) is 1.32. The Morgan fingerprint density at radius 3 is 2.88 bits per heavy atom. The lowest BCUT2D eigenvalue weighted by atomic mass is 10.1. The molecule has 4 heteroatoms. The van der Waals surface area contributed by atoms with Crippen molar-refractivity contribution in [1.29, 1.82) is 0 Å². The van der Waals surface area contributed by atoms with Gasteiger partial charge in [-0.2, -0.15) is 0 Å². The van der Waals surface area contributed by atoms with Gasteiger partial charge >= 0.3 is 0 Å². The van der Waals surface area contributed by atoms with Gasteiger partial charge in [-0.15, -0.1) is 11.8 Å². The zero-order valence-corrected chi connectivity index (χ0v) is 11.3. The van der Waals surface area contributed by atoms with Crippen molar-refractivity contribution in [3.8, 4) is 11.5 Å². The SMILES string of the molecule is CCOc1cc(C2NC(C)(C)CS2)ccc1O. The summed E-state index contributed by atoms with van der Waals surface area (Å²) in [6, 6.07) is 5.57. The molecule has 0 bridgehead atoms. The Kier molecular flexibility index (Phi) is 3.54. The highest BCUT2D eigenvalue weighted by molar-refractivity contribution is 7.99. The largest absolute Gasteiger partial charge is 0.504 e. The Bertz CT molecular complexity index is 406. The first-order chi connectivity index (χ1) is 8.02. The van der Waals surface area contributed by atoms with Gasteiger partial charge in [-0.3, -0.25) is 5.32 Å². The fraction of sp³-hybridized carbons (Fsp3) is 0.538. The molecule has 1 aliphatic rings. The zero-order chi connectivity index (χ0) is 12.5. The quantitative estimate of drug-likeness (QED) is 0.869. The summed E-state index contributed by atoms with van der Waals surface area (Å²) in [7, 11) is 0. The third-order valence-corrected chi connectivity index (χ3v) is 4.33. The van der Waals surface area contributed by atoms with Crippen LogP contribution in [0.2, 0.25) is 0 Å². The summed E-state index contributed by atoms with van der Waals surface area (Å²) < 4.78 is 5.40. The highest BCUT2D eigenvalue weighted by atomic mass is 32.2. The fourth-order valence-electron chi connectivity index (χ4n) is 1.87. The number of benzene rings is 1. The molecule has 0 radical (unpaired) electrons. The summed E-state index contributed by atoms with van der Waals surface area (Å²) in [5, 5.41) is 13.5. The number of nitrogens with one attached hydrogen (secondary N) is 1. The van der Waals surface area contributed by atoms with Crippen LogP contribution in [-0.4, -0.2) is 23.0 Å². The summed E-state index contributed by atoms with van der Waals surface area (Å²) in [5.74, 6) is 1.86. The summed E-state index contributed by atoms with van der Waals surface area (Å²) >= 11 is 1.89. The standard InChI is InChI=1S/C13H19NO2S/c1-4-16-11-7-9(5-6-10(11)15)12-14-13(2,3)8-17-12/h5-7,12,14-15H,4,8H2,1-3H3. The lowest BCUT2D eigenvalue weighted by molar-refractivity contribution is 0.317. The zero-order valence-electron chi connectivity index (χ0n) is 10.5. The molecule has 0 amide bonds. The molecule has 3 nitrogen and oxygen atoms in total. The minimum absolute atomic E-state index is 0.166. The van der Waals surface area contributed by atoms with Crippen molar-refractivity contribution < 1.29 is 9.84 Å². The normalized spacial score (nSPS) is 22.6. The second-order valence-corrected chi connectivity index (χ2v) is 5.97. The van der Waals surface area contributed by atoms with E-state index in [0.717, 1.165) is 11.3 Å². The van der Waals surface area contributed by atoms with Crippen LogP contribution >= 0.6 is 11.8 Å². The van der Waals surface area contributed by atoms with Gasteiger partial charge < -0.3 is 9.84 Å². The number of hydrogen-bond acceptors (Lipinski definition) is 4. The molecule has 94 valence electrons. The van der Waals surface area contributed by atoms with Crippen LogP contribution in [0.3, 0.4) is 0 Å². The Morgan fingerprint density at radius 1 is 1.53 bits per heavy atom. The first-order valence-corrected chi connectivity index (χ1v) is 6.92. The van der Waals surface area contributed by atoms with Crippen molar-refractivity contribution >= 4 is 11.8 Å². The van der Waals surface area contributed by atoms with Crippen molar-refractivity contribution in [3.63, 3.8) is 0 Å². The summed E-state index contributed by atoms with van der Waals surface area (Å²) in [6.07, 6.45) is 0. The topological polar surface area (TPSA) is 41.5 Å². The minimum atomic E-state index is 0.166. The molecule has 1 heterocycles. The number of rotatable bonds is 3. The fourth-order valence-corrected chi connectivity index (χ4v) is 3.28. The number of aromatic hydroxyl groups is 1. The lowest BCUT2D eigenvalue weighted by Gasteiger charge is -2.19. The van der Waals surface area contributed by atoms with Gasteiger partial charge in [0.25, 0.3) is 0 Å². The van der Waals surface area contributed by atoms with Crippen molar-refractivity contribution in [2.24, 2.45) is 0 Å². The molecule has 1 unspecified atom stereocenters. The smallest absolute Gasteiger partial charge is 0.161 e. The van der Waals surface area contributed by atoms with Crippen molar-refractivity contribution in [3.05, 3.63) is 23.8 Å². The van der Waals surface area contributed by atoms with E-state index in [2.05, 4.69) is 19.2 Å². The molecular weight excluding hydrogens is 234 g/mol. The second-order valence-electron chi connectivity index (χ2n) is 4.88. The third kappa shape index (κ3) is 2.87. The van der Waals surface area contributed by atoms with Gasteiger partial charge in [0.15, 0.2) is 11.5 Å². The van der Waals surface area contributed by atoms with Crippen LogP contribution in [0.5, 0.6) is 11.5 Å². The van der Waals surface area contributed by atoms with Gasteiger partial charge in [-0.05, 0) is 38.5 Å². The molecule has 2 N–H and O–H groups in total. The number of phenols is 1. The average Bonchev–Trinajstić information content (AvgIpc) is 2.62. The first-order valence-electron chi connectivity index (χ1n) is 5.87. The molecule has 1 aliphatic heterocycles. The maximum atomic E-state index is 9.66. The van der Waals surface area contributed by atoms with Gasteiger partial charge in [0.05, 0.1) is 12.0 Å². The molecule has 0 aromatic heterocycles. The van der Waals surface area contributed by atoms with Crippen LogP contribution in [0.15, 0.2) is 18.2 Å². The predicted molar refractivity (Wildman–Crippen MR) is 71.7 cm³/mol. The maximum absolute atomic E-state index is 9.66. The molecular formula is C13H19NO2S. The van der Waals surface area contributed by atoms with E-state index in [4.69, 9.17) is 4.74 Å². The van der Waals surface area contributed by atoms with E-state index in [1.165, 1.54) is 0 Å². The van der Waals surface area contributed by atoms with Crippen molar-refractivity contribution in [2.45, 2.75) is 31.7 Å². The molecule has 1 fully saturated rings. The average molecular weight is 253 g/mol. The van der Waals surface area contributed by atoms with E-state index in [-0.39, 0.29) is 16.7 Å². The van der Waals surface area contributed by atoms with Crippen LogP contribution in [-0.2, 0) is 0 Å².